The van der Waals surface area contributed by atoms with Gasteiger partial charge in [0.05, 0.1) is 5.02 Å². The molecule has 0 spiro atoms. The van der Waals surface area contributed by atoms with Gasteiger partial charge in [-0.1, -0.05) is 18.5 Å². The summed E-state index contributed by atoms with van der Waals surface area (Å²) in [5.41, 5.74) is 0. The van der Waals surface area contributed by atoms with Gasteiger partial charge < -0.3 is 15.1 Å². The van der Waals surface area contributed by atoms with Crippen LogP contribution in [0.1, 0.15) is 32.6 Å². The van der Waals surface area contributed by atoms with Gasteiger partial charge in [-0.05, 0) is 43.7 Å². The molecule has 4 heterocycles. The van der Waals surface area contributed by atoms with Crippen molar-refractivity contribution in [3.8, 4) is 0 Å². The van der Waals surface area contributed by atoms with Crippen molar-refractivity contribution in [2.75, 3.05) is 41.3 Å². The summed E-state index contributed by atoms with van der Waals surface area (Å²) < 4.78 is 0. The Kier molecular flexibility index (Phi) is 6.13. The second kappa shape index (κ2) is 8.95. The first-order valence-electron chi connectivity index (χ1n) is 10.3. The molecule has 1 amide bonds. The fourth-order valence-electron chi connectivity index (χ4n) is 4.13. The van der Waals surface area contributed by atoms with Gasteiger partial charge in [0.2, 0.25) is 5.91 Å². The van der Waals surface area contributed by atoms with Crippen molar-refractivity contribution in [3.05, 3.63) is 35.7 Å². The van der Waals surface area contributed by atoms with Gasteiger partial charge in [0.15, 0.2) is 0 Å². The molecule has 0 aromatic carbocycles. The molecule has 1 atom stereocenters. The fraction of sp³-hybridized carbons (Fsp3) is 0.524. The van der Waals surface area contributed by atoms with E-state index < -0.39 is 0 Å². The van der Waals surface area contributed by atoms with E-state index in [1.54, 1.807) is 18.5 Å². The van der Waals surface area contributed by atoms with Crippen molar-refractivity contribution in [3.63, 3.8) is 0 Å². The number of aromatic nitrogens is 3. The molecule has 2 aromatic heterocycles. The summed E-state index contributed by atoms with van der Waals surface area (Å²) in [6, 6.07) is 5.54. The first kappa shape index (κ1) is 19.9. The number of amides is 1. The zero-order valence-corrected chi connectivity index (χ0v) is 17.5. The summed E-state index contributed by atoms with van der Waals surface area (Å²) in [5.74, 6) is 3.20. The minimum absolute atomic E-state index is 0.0187. The minimum atomic E-state index is -0.0204. The third-order valence-electron chi connectivity index (χ3n) is 5.79. The van der Waals surface area contributed by atoms with Crippen molar-refractivity contribution < 1.29 is 4.79 Å². The molecule has 2 aromatic rings. The Morgan fingerprint density at radius 2 is 1.83 bits per heavy atom. The van der Waals surface area contributed by atoms with Gasteiger partial charge in [-0.2, -0.15) is 0 Å². The number of hydrogen-bond acceptors (Lipinski definition) is 6. The quantitative estimate of drug-likeness (QED) is 0.823. The van der Waals surface area contributed by atoms with Crippen LogP contribution in [0.4, 0.5) is 17.5 Å². The lowest BCUT2D eigenvalue weighted by molar-refractivity contribution is -0.120. The average Bonchev–Trinajstić information content (AvgIpc) is 2.75. The van der Waals surface area contributed by atoms with E-state index in [1.807, 2.05) is 0 Å². The number of pyridine rings is 1. The highest BCUT2D eigenvalue weighted by Crippen LogP contribution is 2.27. The van der Waals surface area contributed by atoms with E-state index >= 15 is 0 Å². The topological polar surface area (TPSA) is 74.2 Å². The number of carbonyl (C=O) groups is 1. The van der Waals surface area contributed by atoms with E-state index in [4.69, 9.17) is 11.6 Å². The molecular formula is C21H27ClN6O. The second-order valence-electron chi connectivity index (χ2n) is 8.04. The zero-order chi connectivity index (χ0) is 20.2. The van der Waals surface area contributed by atoms with E-state index in [0.29, 0.717) is 16.8 Å². The Hall–Kier alpha value is -2.41. The number of rotatable bonds is 4. The van der Waals surface area contributed by atoms with Crippen LogP contribution < -0.4 is 15.1 Å². The normalized spacial score (nSPS) is 20.6. The lowest BCUT2D eigenvalue weighted by Crippen LogP contribution is -2.39. The van der Waals surface area contributed by atoms with Crippen molar-refractivity contribution in [1.29, 1.82) is 0 Å². The molecule has 7 nitrogen and oxygen atoms in total. The fourth-order valence-corrected chi connectivity index (χ4v) is 4.24. The van der Waals surface area contributed by atoms with Crippen molar-refractivity contribution in [2.45, 2.75) is 32.6 Å². The number of piperidine rings is 2. The maximum absolute atomic E-state index is 12.6. The van der Waals surface area contributed by atoms with E-state index in [2.05, 4.69) is 43.1 Å². The highest BCUT2D eigenvalue weighted by atomic mass is 35.5. The summed E-state index contributed by atoms with van der Waals surface area (Å²) in [4.78, 5) is 30.3. The van der Waals surface area contributed by atoms with Crippen LogP contribution in [0.2, 0.25) is 5.02 Å². The van der Waals surface area contributed by atoms with Crippen LogP contribution in [0, 0.1) is 11.8 Å². The standard InChI is InChI=1S/C21H27ClN6O/c1-15-3-2-8-28(13-15)20-11-19(24-14-25-20)27-9-6-16(7-10-27)21(29)26-18-5-4-17(22)12-23-18/h4-5,11-12,14-16H,2-3,6-10,13H2,1H3,(H,23,26,29). The number of nitrogens with one attached hydrogen (secondary N) is 1. The van der Waals surface area contributed by atoms with Gasteiger partial charge in [0, 0.05) is 44.4 Å². The molecule has 8 heteroatoms. The number of carbonyl (C=O) groups excluding carboxylic acids is 1. The van der Waals surface area contributed by atoms with Crippen LogP contribution in [-0.4, -0.2) is 47.0 Å². The highest BCUT2D eigenvalue weighted by molar-refractivity contribution is 6.30. The van der Waals surface area contributed by atoms with Crippen LogP contribution in [0.15, 0.2) is 30.7 Å². The summed E-state index contributed by atoms with van der Waals surface area (Å²) in [7, 11) is 0. The summed E-state index contributed by atoms with van der Waals surface area (Å²) in [5, 5.41) is 3.45. The van der Waals surface area contributed by atoms with Crippen molar-refractivity contribution in [2.24, 2.45) is 11.8 Å². The van der Waals surface area contributed by atoms with Crippen LogP contribution in [-0.2, 0) is 4.79 Å². The molecule has 2 saturated heterocycles. The number of anilines is 3. The lowest BCUT2D eigenvalue weighted by Gasteiger charge is -2.34. The second-order valence-corrected chi connectivity index (χ2v) is 8.48. The average molecular weight is 415 g/mol. The third kappa shape index (κ3) is 4.96. The Labute approximate surface area is 176 Å². The van der Waals surface area contributed by atoms with E-state index in [1.165, 1.54) is 19.0 Å². The van der Waals surface area contributed by atoms with Crippen LogP contribution >= 0.6 is 11.6 Å². The molecule has 1 N–H and O–H groups in total. The van der Waals surface area contributed by atoms with Gasteiger partial charge in [0.25, 0.3) is 0 Å². The molecule has 0 radical (unpaired) electrons. The predicted molar refractivity (Wildman–Crippen MR) is 115 cm³/mol. The Morgan fingerprint density at radius 3 is 2.52 bits per heavy atom. The van der Waals surface area contributed by atoms with Gasteiger partial charge in [0.1, 0.15) is 23.8 Å². The van der Waals surface area contributed by atoms with E-state index in [9.17, 15) is 4.79 Å². The molecule has 154 valence electrons. The molecular weight excluding hydrogens is 388 g/mol. The maximum atomic E-state index is 12.6. The van der Waals surface area contributed by atoms with Crippen LogP contribution in [0.25, 0.3) is 0 Å². The minimum Gasteiger partial charge on any atom is -0.356 e. The lowest BCUT2D eigenvalue weighted by atomic mass is 9.96. The maximum Gasteiger partial charge on any atom is 0.228 e. The molecule has 2 aliphatic rings. The van der Waals surface area contributed by atoms with E-state index in [0.717, 1.165) is 50.7 Å². The molecule has 29 heavy (non-hydrogen) atoms. The van der Waals surface area contributed by atoms with Gasteiger partial charge in [-0.15, -0.1) is 0 Å². The first-order chi connectivity index (χ1) is 14.1. The summed E-state index contributed by atoms with van der Waals surface area (Å²) >= 11 is 5.84. The van der Waals surface area contributed by atoms with Gasteiger partial charge >= 0.3 is 0 Å². The Bertz CT molecular complexity index is 837. The third-order valence-corrected chi connectivity index (χ3v) is 6.01. The predicted octanol–water partition coefficient (Wildman–Crippen LogP) is 3.62. The summed E-state index contributed by atoms with van der Waals surface area (Å²) in [6.45, 7) is 6.01. The molecule has 4 rings (SSSR count). The van der Waals surface area contributed by atoms with Crippen molar-refractivity contribution >= 4 is 35.0 Å². The molecule has 2 fully saturated rings. The van der Waals surface area contributed by atoms with Gasteiger partial charge in [-0.25, -0.2) is 15.0 Å². The SMILES string of the molecule is CC1CCCN(c2cc(N3CCC(C(=O)Nc4ccc(Cl)cn4)CC3)ncn2)C1. The Morgan fingerprint density at radius 1 is 1.07 bits per heavy atom. The van der Waals surface area contributed by atoms with E-state index in [-0.39, 0.29) is 11.8 Å². The van der Waals surface area contributed by atoms with Crippen LogP contribution in [0.5, 0.6) is 0 Å². The molecule has 0 bridgehead atoms. The summed E-state index contributed by atoms with van der Waals surface area (Å²) in [6.07, 6.45) is 7.28. The highest BCUT2D eigenvalue weighted by Gasteiger charge is 2.26. The first-order valence-corrected chi connectivity index (χ1v) is 10.7. The van der Waals surface area contributed by atoms with Gasteiger partial charge in [-0.3, -0.25) is 4.79 Å². The molecule has 0 aliphatic carbocycles. The number of nitrogens with zero attached hydrogens (tertiary/aromatic N) is 5. The number of hydrogen-bond donors (Lipinski definition) is 1. The van der Waals surface area contributed by atoms with Crippen molar-refractivity contribution in [1.82, 2.24) is 15.0 Å². The largest absolute Gasteiger partial charge is 0.356 e. The van der Waals surface area contributed by atoms with Crippen LogP contribution in [0.3, 0.4) is 0 Å². The zero-order valence-electron chi connectivity index (χ0n) is 16.7. The molecule has 1 unspecified atom stereocenters. The Balaban J connectivity index is 1.34. The smallest absolute Gasteiger partial charge is 0.228 e. The number of halogens is 1. The monoisotopic (exact) mass is 414 g/mol. The molecule has 2 aliphatic heterocycles. The molecule has 0 saturated carbocycles.